The summed E-state index contributed by atoms with van der Waals surface area (Å²) >= 11 is 1.73. The van der Waals surface area contributed by atoms with Crippen molar-refractivity contribution in [3.05, 3.63) is 77.4 Å². The molecule has 3 rings (SSSR count). The van der Waals surface area contributed by atoms with Crippen molar-refractivity contribution in [1.82, 2.24) is 0 Å². The van der Waals surface area contributed by atoms with Crippen LogP contribution in [0, 0.1) is 5.82 Å². The number of benzene rings is 2. The maximum absolute atomic E-state index is 13.5. The number of rotatable bonds is 4. The van der Waals surface area contributed by atoms with Gasteiger partial charge in [-0.2, -0.15) is 0 Å². The highest BCUT2D eigenvalue weighted by molar-refractivity contribution is 7.15. The van der Waals surface area contributed by atoms with Crippen LogP contribution in [-0.2, 0) is 6.54 Å². The van der Waals surface area contributed by atoms with Gasteiger partial charge in [-0.25, -0.2) is 4.39 Å². The molecule has 0 aliphatic carbocycles. The van der Waals surface area contributed by atoms with Crippen molar-refractivity contribution in [2.75, 3.05) is 5.32 Å². The van der Waals surface area contributed by atoms with Gasteiger partial charge >= 0.3 is 0 Å². The molecule has 0 bridgehead atoms. The molecule has 0 fully saturated rings. The third-order valence-corrected chi connectivity index (χ3v) is 4.18. The molecule has 1 aromatic heterocycles. The summed E-state index contributed by atoms with van der Waals surface area (Å²) in [5, 5.41) is 3.13. The van der Waals surface area contributed by atoms with E-state index in [9.17, 15) is 4.39 Å². The molecule has 3 aromatic rings. The molecule has 1 N–H and O–H groups in total. The molecule has 0 unspecified atom stereocenters. The van der Waals surface area contributed by atoms with Crippen LogP contribution in [0.3, 0.4) is 0 Å². The highest BCUT2D eigenvalue weighted by atomic mass is 32.1. The summed E-state index contributed by atoms with van der Waals surface area (Å²) in [5.74, 6) is -0.215. The van der Waals surface area contributed by atoms with E-state index in [1.54, 1.807) is 23.5 Å². The number of para-hydroxylation sites is 1. The Bertz CT molecular complexity index is 691. The Morgan fingerprint density at radius 3 is 2.40 bits per heavy atom. The van der Waals surface area contributed by atoms with E-state index in [1.807, 2.05) is 24.3 Å². The lowest BCUT2D eigenvalue weighted by atomic mass is 10.2. The van der Waals surface area contributed by atoms with Crippen LogP contribution in [0.25, 0.3) is 10.4 Å². The second kappa shape index (κ2) is 5.88. The highest BCUT2D eigenvalue weighted by Gasteiger charge is 2.04. The second-order valence-electron chi connectivity index (χ2n) is 4.47. The predicted octanol–water partition coefficient (Wildman–Crippen LogP) is 5.17. The SMILES string of the molecule is Fc1ccccc1NCc1ccc(-c2ccccc2)s1. The Labute approximate surface area is 121 Å². The zero-order valence-corrected chi connectivity index (χ0v) is 11.7. The molecule has 0 aliphatic heterocycles. The quantitative estimate of drug-likeness (QED) is 0.697. The maximum Gasteiger partial charge on any atom is 0.146 e. The third kappa shape index (κ3) is 2.89. The van der Waals surface area contributed by atoms with Gasteiger partial charge in [0.2, 0.25) is 0 Å². The average molecular weight is 283 g/mol. The van der Waals surface area contributed by atoms with E-state index in [0.717, 1.165) is 0 Å². The van der Waals surface area contributed by atoms with Crippen LogP contribution in [0.2, 0.25) is 0 Å². The maximum atomic E-state index is 13.5. The highest BCUT2D eigenvalue weighted by Crippen LogP contribution is 2.28. The van der Waals surface area contributed by atoms with Crippen molar-refractivity contribution in [2.24, 2.45) is 0 Å². The van der Waals surface area contributed by atoms with Crippen LogP contribution in [0.5, 0.6) is 0 Å². The topological polar surface area (TPSA) is 12.0 Å². The van der Waals surface area contributed by atoms with Crippen molar-refractivity contribution in [3.63, 3.8) is 0 Å². The second-order valence-corrected chi connectivity index (χ2v) is 5.63. The number of anilines is 1. The lowest BCUT2D eigenvalue weighted by Gasteiger charge is -2.05. The minimum absolute atomic E-state index is 0.215. The van der Waals surface area contributed by atoms with Crippen LogP contribution >= 0.6 is 11.3 Å². The van der Waals surface area contributed by atoms with E-state index in [0.29, 0.717) is 12.2 Å². The van der Waals surface area contributed by atoms with Gasteiger partial charge in [0, 0.05) is 16.3 Å². The summed E-state index contributed by atoms with van der Waals surface area (Å²) in [6.07, 6.45) is 0. The molecule has 100 valence electrons. The number of nitrogens with one attached hydrogen (secondary N) is 1. The van der Waals surface area contributed by atoms with Crippen molar-refractivity contribution >= 4 is 17.0 Å². The van der Waals surface area contributed by atoms with Crippen LogP contribution in [-0.4, -0.2) is 0 Å². The summed E-state index contributed by atoms with van der Waals surface area (Å²) in [5.41, 5.74) is 1.76. The van der Waals surface area contributed by atoms with Crippen LogP contribution in [0.15, 0.2) is 66.7 Å². The first kappa shape index (κ1) is 12.9. The van der Waals surface area contributed by atoms with Crippen molar-refractivity contribution < 1.29 is 4.39 Å². The molecule has 0 aliphatic rings. The molecule has 1 nitrogen and oxygen atoms in total. The Morgan fingerprint density at radius 1 is 0.850 bits per heavy atom. The van der Waals surface area contributed by atoms with Gasteiger partial charge in [0.25, 0.3) is 0 Å². The Hall–Kier alpha value is -2.13. The smallest absolute Gasteiger partial charge is 0.146 e. The zero-order valence-electron chi connectivity index (χ0n) is 10.8. The van der Waals surface area contributed by atoms with E-state index in [2.05, 4.69) is 29.6 Å². The van der Waals surface area contributed by atoms with Crippen molar-refractivity contribution in [3.8, 4) is 10.4 Å². The van der Waals surface area contributed by atoms with E-state index in [1.165, 1.54) is 21.4 Å². The first-order valence-electron chi connectivity index (χ1n) is 6.45. The summed E-state index contributed by atoms with van der Waals surface area (Å²) in [6.45, 7) is 0.637. The number of hydrogen-bond donors (Lipinski definition) is 1. The predicted molar refractivity (Wildman–Crippen MR) is 83.5 cm³/mol. The monoisotopic (exact) mass is 283 g/mol. The Morgan fingerprint density at radius 2 is 1.60 bits per heavy atom. The first-order chi connectivity index (χ1) is 9.83. The number of halogens is 1. The molecule has 0 atom stereocenters. The summed E-state index contributed by atoms with van der Waals surface area (Å²) in [4.78, 5) is 2.42. The third-order valence-electron chi connectivity index (χ3n) is 3.05. The molecule has 0 amide bonds. The van der Waals surface area contributed by atoms with Gasteiger partial charge in [-0.15, -0.1) is 11.3 Å². The van der Waals surface area contributed by atoms with Gasteiger partial charge in [-0.1, -0.05) is 42.5 Å². The van der Waals surface area contributed by atoms with Gasteiger partial charge in [-0.05, 0) is 29.8 Å². The standard InChI is InChI=1S/C17H14FNS/c18-15-8-4-5-9-16(15)19-12-14-10-11-17(20-14)13-6-2-1-3-7-13/h1-11,19H,12H2. The number of hydrogen-bond acceptors (Lipinski definition) is 2. The Kier molecular flexibility index (Phi) is 3.79. The molecule has 3 heteroatoms. The minimum atomic E-state index is -0.215. The van der Waals surface area contributed by atoms with E-state index < -0.39 is 0 Å². The fraction of sp³-hybridized carbons (Fsp3) is 0.0588. The fourth-order valence-electron chi connectivity index (χ4n) is 2.02. The first-order valence-corrected chi connectivity index (χ1v) is 7.27. The normalized spacial score (nSPS) is 10.4. The molecule has 0 radical (unpaired) electrons. The molecular weight excluding hydrogens is 269 g/mol. The molecule has 1 heterocycles. The summed E-state index contributed by atoms with van der Waals surface area (Å²) in [6, 6.07) is 21.2. The van der Waals surface area contributed by atoms with E-state index in [-0.39, 0.29) is 5.82 Å². The molecule has 2 aromatic carbocycles. The molecule has 20 heavy (non-hydrogen) atoms. The van der Waals surface area contributed by atoms with Crippen LogP contribution < -0.4 is 5.32 Å². The average Bonchev–Trinajstić information content (AvgIpc) is 2.96. The van der Waals surface area contributed by atoms with Gasteiger partial charge < -0.3 is 5.32 Å². The summed E-state index contributed by atoms with van der Waals surface area (Å²) in [7, 11) is 0. The van der Waals surface area contributed by atoms with Gasteiger partial charge in [0.05, 0.1) is 5.69 Å². The van der Waals surface area contributed by atoms with E-state index in [4.69, 9.17) is 0 Å². The molecule has 0 saturated heterocycles. The van der Waals surface area contributed by atoms with Gasteiger partial charge in [0.15, 0.2) is 0 Å². The van der Waals surface area contributed by atoms with Crippen LogP contribution in [0.1, 0.15) is 4.88 Å². The number of thiophene rings is 1. The molecule has 0 saturated carbocycles. The Balaban J connectivity index is 1.71. The largest absolute Gasteiger partial charge is 0.378 e. The molecule has 0 spiro atoms. The lowest BCUT2D eigenvalue weighted by Crippen LogP contribution is -1.99. The van der Waals surface area contributed by atoms with E-state index >= 15 is 0 Å². The molecular formula is C17H14FNS. The minimum Gasteiger partial charge on any atom is -0.378 e. The lowest BCUT2D eigenvalue weighted by molar-refractivity contribution is 0.630. The van der Waals surface area contributed by atoms with Crippen LogP contribution in [0.4, 0.5) is 10.1 Å². The summed E-state index contributed by atoms with van der Waals surface area (Å²) < 4.78 is 13.5. The van der Waals surface area contributed by atoms with Gasteiger partial charge in [0.1, 0.15) is 5.82 Å². The zero-order chi connectivity index (χ0) is 13.8. The van der Waals surface area contributed by atoms with Gasteiger partial charge in [-0.3, -0.25) is 0 Å². The van der Waals surface area contributed by atoms with Crippen molar-refractivity contribution in [1.29, 1.82) is 0 Å². The van der Waals surface area contributed by atoms with Crippen molar-refractivity contribution in [2.45, 2.75) is 6.54 Å². The fourth-order valence-corrected chi connectivity index (χ4v) is 2.97.